The van der Waals surface area contributed by atoms with Gasteiger partial charge in [-0.2, -0.15) is 8.78 Å². The Labute approximate surface area is 181 Å². The lowest BCUT2D eigenvalue weighted by Gasteiger charge is -2.37. The molecule has 2 aromatic carbocycles. The van der Waals surface area contributed by atoms with Gasteiger partial charge in [0.25, 0.3) is 0 Å². The van der Waals surface area contributed by atoms with Crippen molar-refractivity contribution in [3.05, 3.63) is 54.1 Å². The van der Waals surface area contributed by atoms with Crippen molar-refractivity contribution in [2.75, 3.05) is 36.8 Å². The first-order valence-corrected chi connectivity index (χ1v) is 9.83. The molecule has 1 atom stereocenters. The molecule has 0 aliphatic carbocycles. The molecule has 1 fully saturated rings. The van der Waals surface area contributed by atoms with Crippen LogP contribution in [0.5, 0.6) is 5.75 Å². The van der Waals surface area contributed by atoms with Gasteiger partial charge in [0.2, 0.25) is 5.91 Å². The number of urea groups is 1. The second-order valence-corrected chi connectivity index (χ2v) is 7.15. The van der Waals surface area contributed by atoms with E-state index in [1.165, 1.54) is 29.2 Å². The molecular weight excluding hydrogens is 432 g/mol. The number of piperazine rings is 1. The summed E-state index contributed by atoms with van der Waals surface area (Å²) in [6.45, 7) is 0.0358. The zero-order valence-electron chi connectivity index (χ0n) is 17.2. The topological polar surface area (TPSA) is 73.9 Å². The Balaban J connectivity index is 1.49. The molecule has 7 nitrogen and oxygen atoms in total. The summed E-state index contributed by atoms with van der Waals surface area (Å²) in [5.74, 6) is -2.38. The van der Waals surface area contributed by atoms with Gasteiger partial charge >= 0.3 is 12.6 Å². The number of halogens is 4. The monoisotopic (exact) mass is 454 g/mol. The Morgan fingerprint density at radius 3 is 2.28 bits per heavy atom. The Kier molecular flexibility index (Phi) is 7.52. The molecule has 0 spiro atoms. The molecular formula is C21H22F4N4O3. The average Bonchev–Trinajstić information content (AvgIpc) is 2.75. The van der Waals surface area contributed by atoms with Gasteiger partial charge in [-0.05, 0) is 37.3 Å². The minimum absolute atomic E-state index is 0.0967. The zero-order chi connectivity index (χ0) is 23.3. The lowest BCUT2D eigenvalue weighted by Crippen LogP contribution is -2.54. The third kappa shape index (κ3) is 6.10. The summed E-state index contributed by atoms with van der Waals surface area (Å²) in [6, 6.07) is 7.77. The maximum absolute atomic E-state index is 13.8. The summed E-state index contributed by atoms with van der Waals surface area (Å²) in [7, 11) is 0. The number of hydrogen-bond donors (Lipinski definition) is 2. The highest BCUT2D eigenvalue weighted by atomic mass is 19.3. The van der Waals surface area contributed by atoms with Gasteiger partial charge in [-0.25, -0.2) is 13.6 Å². The highest BCUT2D eigenvalue weighted by molar-refractivity contribution is 5.94. The van der Waals surface area contributed by atoms with Crippen LogP contribution >= 0.6 is 0 Å². The average molecular weight is 454 g/mol. The highest BCUT2D eigenvalue weighted by Crippen LogP contribution is 2.23. The fraction of sp³-hybridized carbons (Fsp3) is 0.333. The standard InChI is InChI=1S/C21H22F4N4O3/c1-13(19(30)26-15-4-2-3-14(22)11-15)28-7-9-29(10-8-28)21(31)27-16-5-6-18(17(23)12-16)32-20(24)25/h2-6,11-13,20H,7-10H2,1H3,(H,26,30)(H,27,31). The largest absolute Gasteiger partial charge is 0.432 e. The first-order chi connectivity index (χ1) is 15.2. The summed E-state index contributed by atoms with van der Waals surface area (Å²) in [6.07, 6.45) is 0. The van der Waals surface area contributed by atoms with Gasteiger partial charge in [0.05, 0.1) is 6.04 Å². The highest BCUT2D eigenvalue weighted by Gasteiger charge is 2.27. The molecule has 2 N–H and O–H groups in total. The van der Waals surface area contributed by atoms with E-state index in [1.54, 1.807) is 13.0 Å². The summed E-state index contributed by atoms with van der Waals surface area (Å²) < 4.78 is 55.5. The molecule has 3 amide bonds. The molecule has 32 heavy (non-hydrogen) atoms. The van der Waals surface area contributed by atoms with E-state index in [0.717, 1.165) is 12.1 Å². The lowest BCUT2D eigenvalue weighted by molar-refractivity contribution is -0.121. The van der Waals surface area contributed by atoms with Crippen LogP contribution in [0.2, 0.25) is 0 Å². The molecule has 1 unspecified atom stereocenters. The van der Waals surface area contributed by atoms with Crippen LogP contribution in [0, 0.1) is 11.6 Å². The number of carbonyl (C=O) groups is 2. The molecule has 0 bridgehead atoms. The number of amides is 3. The summed E-state index contributed by atoms with van der Waals surface area (Å²) in [4.78, 5) is 28.3. The van der Waals surface area contributed by atoms with Crippen LogP contribution in [-0.2, 0) is 4.79 Å². The zero-order valence-corrected chi connectivity index (χ0v) is 17.2. The summed E-state index contributed by atoms with van der Waals surface area (Å²) >= 11 is 0. The number of ether oxygens (including phenoxy) is 1. The van der Waals surface area contributed by atoms with Gasteiger partial charge in [-0.1, -0.05) is 6.07 Å². The molecule has 0 radical (unpaired) electrons. The predicted octanol–water partition coefficient (Wildman–Crippen LogP) is 3.74. The summed E-state index contributed by atoms with van der Waals surface area (Å²) in [5.41, 5.74) is 0.455. The van der Waals surface area contributed by atoms with Crippen LogP contribution in [0.25, 0.3) is 0 Å². The predicted molar refractivity (Wildman–Crippen MR) is 110 cm³/mol. The van der Waals surface area contributed by atoms with Crippen LogP contribution in [0.15, 0.2) is 42.5 Å². The fourth-order valence-corrected chi connectivity index (χ4v) is 3.26. The number of benzene rings is 2. The number of nitrogens with zero attached hydrogens (tertiary/aromatic N) is 2. The number of nitrogens with one attached hydrogen (secondary N) is 2. The van der Waals surface area contributed by atoms with Gasteiger partial charge in [-0.3, -0.25) is 9.69 Å². The van der Waals surface area contributed by atoms with Crippen molar-refractivity contribution in [1.82, 2.24) is 9.80 Å². The molecule has 11 heteroatoms. The van der Waals surface area contributed by atoms with Crippen LogP contribution in [0.1, 0.15) is 6.92 Å². The quantitative estimate of drug-likeness (QED) is 0.653. The van der Waals surface area contributed by atoms with Crippen molar-refractivity contribution in [3.63, 3.8) is 0 Å². The van der Waals surface area contributed by atoms with E-state index in [0.29, 0.717) is 31.9 Å². The SMILES string of the molecule is CC(C(=O)Nc1cccc(F)c1)N1CCN(C(=O)Nc2ccc(OC(F)F)c(F)c2)CC1. The molecule has 2 aromatic rings. The van der Waals surface area contributed by atoms with Crippen molar-refractivity contribution in [2.24, 2.45) is 0 Å². The van der Waals surface area contributed by atoms with Crippen LogP contribution in [0.4, 0.5) is 33.7 Å². The molecule has 1 aliphatic rings. The van der Waals surface area contributed by atoms with Crippen LogP contribution in [-0.4, -0.2) is 60.6 Å². The Bertz CT molecular complexity index is 968. The first-order valence-electron chi connectivity index (χ1n) is 9.83. The van der Waals surface area contributed by atoms with E-state index in [2.05, 4.69) is 15.4 Å². The smallest absolute Gasteiger partial charge is 0.387 e. The van der Waals surface area contributed by atoms with Gasteiger partial charge < -0.3 is 20.3 Å². The van der Waals surface area contributed by atoms with Gasteiger partial charge in [-0.15, -0.1) is 0 Å². The number of hydrogen-bond acceptors (Lipinski definition) is 4. The molecule has 1 saturated heterocycles. The van der Waals surface area contributed by atoms with Crippen molar-refractivity contribution in [1.29, 1.82) is 0 Å². The van der Waals surface area contributed by atoms with E-state index in [9.17, 15) is 27.2 Å². The van der Waals surface area contributed by atoms with E-state index >= 15 is 0 Å². The van der Waals surface area contributed by atoms with E-state index < -0.39 is 36.1 Å². The van der Waals surface area contributed by atoms with Gasteiger partial charge in [0, 0.05) is 43.6 Å². The Hall–Kier alpha value is -3.34. The van der Waals surface area contributed by atoms with Crippen molar-refractivity contribution in [3.8, 4) is 5.75 Å². The molecule has 0 aromatic heterocycles. The number of carbonyl (C=O) groups excluding carboxylic acids is 2. The Morgan fingerprint density at radius 2 is 1.66 bits per heavy atom. The summed E-state index contributed by atoms with van der Waals surface area (Å²) in [5, 5.41) is 5.17. The molecule has 0 saturated carbocycles. The van der Waals surface area contributed by atoms with Crippen molar-refractivity contribution in [2.45, 2.75) is 19.6 Å². The Morgan fingerprint density at radius 1 is 0.969 bits per heavy atom. The molecule has 3 rings (SSSR count). The maximum Gasteiger partial charge on any atom is 0.387 e. The van der Waals surface area contributed by atoms with Gasteiger partial charge in [0.15, 0.2) is 11.6 Å². The number of anilines is 2. The number of rotatable bonds is 6. The van der Waals surface area contributed by atoms with E-state index in [4.69, 9.17) is 0 Å². The second kappa shape index (κ2) is 10.3. The van der Waals surface area contributed by atoms with E-state index in [-0.39, 0.29) is 11.6 Å². The minimum atomic E-state index is -3.15. The normalized spacial score (nSPS) is 15.4. The molecule has 172 valence electrons. The van der Waals surface area contributed by atoms with Crippen molar-refractivity contribution < 1.29 is 31.9 Å². The first kappa shape index (κ1) is 23.3. The molecule has 1 aliphatic heterocycles. The van der Waals surface area contributed by atoms with Crippen LogP contribution in [0.3, 0.4) is 0 Å². The van der Waals surface area contributed by atoms with Crippen LogP contribution < -0.4 is 15.4 Å². The minimum Gasteiger partial charge on any atom is -0.432 e. The molecule has 1 heterocycles. The van der Waals surface area contributed by atoms with Gasteiger partial charge in [0.1, 0.15) is 5.82 Å². The number of alkyl halides is 2. The maximum atomic E-state index is 13.8. The van der Waals surface area contributed by atoms with Crippen molar-refractivity contribution >= 4 is 23.3 Å². The lowest BCUT2D eigenvalue weighted by atomic mass is 10.2. The third-order valence-electron chi connectivity index (χ3n) is 5.02. The fourth-order valence-electron chi connectivity index (χ4n) is 3.26. The third-order valence-corrected chi connectivity index (χ3v) is 5.02. The van der Waals surface area contributed by atoms with E-state index in [1.807, 2.05) is 4.90 Å². The second-order valence-electron chi connectivity index (χ2n) is 7.15.